The fraction of sp³-hybridized carbons (Fsp3) is 0.750. The number of methoxy groups -OCH3 is 2. The molecule has 2 atom stereocenters. The van der Waals surface area contributed by atoms with Gasteiger partial charge in [0.2, 0.25) is 0 Å². The Labute approximate surface area is 241 Å². The summed E-state index contributed by atoms with van der Waals surface area (Å²) >= 11 is 0. The lowest BCUT2D eigenvalue weighted by molar-refractivity contribution is -0.0439. The molecule has 40 heavy (non-hydrogen) atoms. The first-order valence-corrected chi connectivity index (χ1v) is 15.4. The van der Waals surface area contributed by atoms with Crippen molar-refractivity contribution in [3.63, 3.8) is 0 Å². The van der Waals surface area contributed by atoms with Crippen molar-refractivity contribution in [3.05, 3.63) is 23.3 Å². The van der Waals surface area contributed by atoms with Crippen LogP contribution in [0.3, 0.4) is 0 Å². The van der Waals surface area contributed by atoms with Gasteiger partial charge in [-0.2, -0.15) is 0 Å². The van der Waals surface area contributed by atoms with Gasteiger partial charge in [0.05, 0.1) is 25.3 Å². The van der Waals surface area contributed by atoms with Crippen LogP contribution in [0.4, 0.5) is 0 Å². The van der Waals surface area contributed by atoms with Gasteiger partial charge < -0.3 is 29.2 Å². The van der Waals surface area contributed by atoms with Crippen molar-refractivity contribution in [2.24, 2.45) is 0 Å². The van der Waals surface area contributed by atoms with Gasteiger partial charge in [-0.25, -0.2) is 9.59 Å². The first kappa shape index (κ1) is 35.7. The van der Waals surface area contributed by atoms with Crippen LogP contribution in [0, 0.1) is 0 Å². The number of hydrogen-bond donors (Lipinski definition) is 2. The van der Waals surface area contributed by atoms with Crippen molar-refractivity contribution in [2.75, 3.05) is 14.2 Å². The van der Waals surface area contributed by atoms with Crippen molar-refractivity contribution in [1.82, 2.24) is 0 Å². The standard InChI is InChI=1S/C32H54O8/c1-5-7-9-11-13-15-17-19-21-29(33)39-27-23-25(31(35)37-3)26(32(36)38-4)24-28(27)40-30(34)22-20-18-16-14-12-10-8-6-2/h23-24,29-30,33-34H,5-22H2,1-4H3. The molecule has 0 heterocycles. The predicted octanol–water partition coefficient (Wildman–Crippen LogP) is 7.72. The molecule has 1 aromatic rings. The Morgan fingerprint density at radius 3 is 1.18 bits per heavy atom. The topological polar surface area (TPSA) is 112 Å². The molecule has 2 unspecified atom stereocenters. The van der Waals surface area contributed by atoms with Crippen LogP contribution in [-0.4, -0.2) is 49.0 Å². The summed E-state index contributed by atoms with van der Waals surface area (Å²) in [6, 6.07) is 2.60. The first-order chi connectivity index (χ1) is 19.4. The number of aliphatic hydroxyl groups excluding tert-OH is 2. The van der Waals surface area contributed by atoms with Crippen LogP contribution in [0.2, 0.25) is 0 Å². The Balaban J connectivity index is 2.82. The van der Waals surface area contributed by atoms with Crippen molar-refractivity contribution < 1.29 is 38.7 Å². The molecule has 8 nitrogen and oxygen atoms in total. The molecule has 0 bridgehead atoms. The SMILES string of the molecule is CCCCCCCCCCC(O)Oc1cc(C(=O)OC)c(C(=O)OC)cc1OC(O)CCCCCCCCCC. The van der Waals surface area contributed by atoms with E-state index in [0.29, 0.717) is 12.8 Å². The minimum absolute atomic E-state index is 0.0510. The maximum atomic E-state index is 12.4. The highest BCUT2D eigenvalue weighted by molar-refractivity contribution is 6.04. The maximum Gasteiger partial charge on any atom is 0.338 e. The van der Waals surface area contributed by atoms with E-state index in [1.807, 2.05) is 0 Å². The van der Waals surface area contributed by atoms with Gasteiger partial charge in [-0.1, -0.05) is 104 Å². The number of unbranched alkanes of at least 4 members (excludes halogenated alkanes) is 14. The van der Waals surface area contributed by atoms with Crippen LogP contribution >= 0.6 is 0 Å². The molecule has 0 saturated carbocycles. The van der Waals surface area contributed by atoms with E-state index in [-0.39, 0.29) is 22.6 Å². The zero-order valence-corrected chi connectivity index (χ0v) is 25.4. The lowest BCUT2D eigenvalue weighted by Crippen LogP contribution is -2.21. The fourth-order valence-corrected chi connectivity index (χ4v) is 4.62. The zero-order chi connectivity index (χ0) is 29.6. The highest BCUT2D eigenvalue weighted by Crippen LogP contribution is 2.34. The largest absolute Gasteiger partial charge is 0.465 e. The monoisotopic (exact) mass is 566 g/mol. The Bertz CT molecular complexity index is 758. The smallest absolute Gasteiger partial charge is 0.338 e. The third kappa shape index (κ3) is 14.9. The van der Waals surface area contributed by atoms with Gasteiger partial charge >= 0.3 is 11.9 Å². The summed E-state index contributed by atoms with van der Waals surface area (Å²) in [5, 5.41) is 21.1. The average molecular weight is 567 g/mol. The summed E-state index contributed by atoms with van der Waals surface area (Å²) < 4.78 is 21.2. The van der Waals surface area contributed by atoms with Gasteiger partial charge in [0, 0.05) is 12.8 Å². The molecule has 8 heteroatoms. The summed E-state index contributed by atoms with van der Waals surface area (Å²) in [6.07, 6.45) is 16.7. The normalized spacial score (nSPS) is 12.6. The maximum absolute atomic E-state index is 12.4. The van der Waals surface area contributed by atoms with E-state index in [9.17, 15) is 19.8 Å². The van der Waals surface area contributed by atoms with Crippen LogP contribution in [0.1, 0.15) is 150 Å². The molecule has 0 aliphatic carbocycles. The molecule has 0 spiro atoms. The Morgan fingerprint density at radius 1 is 0.575 bits per heavy atom. The van der Waals surface area contributed by atoms with Crippen LogP contribution < -0.4 is 9.47 Å². The molecule has 0 aliphatic rings. The highest BCUT2D eigenvalue weighted by atomic mass is 16.6. The molecule has 0 aliphatic heterocycles. The molecule has 0 aromatic heterocycles. The lowest BCUT2D eigenvalue weighted by Gasteiger charge is -2.21. The van der Waals surface area contributed by atoms with Crippen LogP contribution in [0.25, 0.3) is 0 Å². The van der Waals surface area contributed by atoms with Gasteiger partial charge in [0.25, 0.3) is 0 Å². The number of esters is 2. The van der Waals surface area contributed by atoms with Crippen LogP contribution in [0.5, 0.6) is 11.5 Å². The third-order valence-corrected chi connectivity index (χ3v) is 7.03. The zero-order valence-electron chi connectivity index (χ0n) is 25.4. The average Bonchev–Trinajstić information content (AvgIpc) is 2.95. The number of carbonyl (C=O) groups excluding carboxylic acids is 2. The molecule has 230 valence electrons. The molecule has 0 amide bonds. The Morgan fingerprint density at radius 2 is 0.875 bits per heavy atom. The molecular formula is C32H54O8. The van der Waals surface area contributed by atoms with Gasteiger partial charge in [-0.3, -0.25) is 0 Å². The molecule has 0 radical (unpaired) electrons. The van der Waals surface area contributed by atoms with E-state index < -0.39 is 24.5 Å². The second-order valence-electron chi connectivity index (χ2n) is 10.5. The number of rotatable bonds is 24. The first-order valence-electron chi connectivity index (χ1n) is 15.4. The number of benzene rings is 1. The second kappa shape index (κ2) is 22.4. The van der Waals surface area contributed by atoms with E-state index in [2.05, 4.69) is 13.8 Å². The van der Waals surface area contributed by atoms with Gasteiger partial charge in [0.15, 0.2) is 24.1 Å². The fourth-order valence-electron chi connectivity index (χ4n) is 4.62. The summed E-state index contributed by atoms with van der Waals surface area (Å²) in [6.45, 7) is 4.40. The minimum Gasteiger partial charge on any atom is -0.465 e. The summed E-state index contributed by atoms with van der Waals surface area (Å²) in [5.74, 6) is -1.41. The van der Waals surface area contributed by atoms with E-state index in [4.69, 9.17) is 18.9 Å². The summed E-state index contributed by atoms with van der Waals surface area (Å²) in [4.78, 5) is 24.8. The van der Waals surface area contributed by atoms with Gasteiger partial charge in [-0.15, -0.1) is 0 Å². The van der Waals surface area contributed by atoms with E-state index in [1.54, 1.807) is 0 Å². The van der Waals surface area contributed by atoms with E-state index in [0.717, 1.165) is 38.5 Å². The Hall–Kier alpha value is -2.32. The quantitative estimate of drug-likeness (QED) is 0.0743. The molecule has 1 rings (SSSR count). The number of ether oxygens (including phenoxy) is 4. The van der Waals surface area contributed by atoms with Crippen molar-refractivity contribution in [2.45, 2.75) is 142 Å². The second-order valence-corrected chi connectivity index (χ2v) is 10.5. The summed E-state index contributed by atoms with van der Waals surface area (Å²) in [5.41, 5.74) is -0.151. The highest BCUT2D eigenvalue weighted by Gasteiger charge is 2.25. The van der Waals surface area contributed by atoms with E-state index in [1.165, 1.54) is 90.6 Å². The third-order valence-electron chi connectivity index (χ3n) is 7.03. The van der Waals surface area contributed by atoms with Crippen molar-refractivity contribution in [3.8, 4) is 11.5 Å². The van der Waals surface area contributed by atoms with Crippen LogP contribution in [-0.2, 0) is 9.47 Å². The Kier molecular flexibility index (Phi) is 20.0. The lowest BCUT2D eigenvalue weighted by atomic mass is 10.1. The number of hydrogen-bond acceptors (Lipinski definition) is 8. The molecular weight excluding hydrogens is 512 g/mol. The predicted molar refractivity (Wildman–Crippen MR) is 157 cm³/mol. The van der Waals surface area contributed by atoms with Crippen molar-refractivity contribution in [1.29, 1.82) is 0 Å². The molecule has 2 N–H and O–H groups in total. The molecule has 1 aromatic carbocycles. The van der Waals surface area contributed by atoms with Gasteiger partial charge in [-0.05, 0) is 25.0 Å². The number of carbonyl (C=O) groups is 2. The van der Waals surface area contributed by atoms with E-state index >= 15 is 0 Å². The summed E-state index contributed by atoms with van der Waals surface area (Å²) in [7, 11) is 2.41. The van der Waals surface area contributed by atoms with Crippen molar-refractivity contribution >= 4 is 11.9 Å². The minimum atomic E-state index is -1.14. The van der Waals surface area contributed by atoms with Gasteiger partial charge in [0.1, 0.15) is 0 Å². The van der Waals surface area contributed by atoms with Crippen LogP contribution in [0.15, 0.2) is 12.1 Å². The molecule has 0 saturated heterocycles. The number of aliphatic hydroxyl groups is 2. The molecule has 0 fully saturated rings.